The Morgan fingerprint density at radius 2 is 1.62 bits per heavy atom. The van der Waals surface area contributed by atoms with E-state index in [4.69, 9.17) is 23.2 Å². The van der Waals surface area contributed by atoms with Gasteiger partial charge in [0.25, 0.3) is 10.0 Å². The van der Waals surface area contributed by atoms with Crippen molar-refractivity contribution >= 4 is 66.7 Å². The van der Waals surface area contributed by atoms with Gasteiger partial charge >= 0.3 is 0 Å². The van der Waals surface area contributed by atoms with Crippen molar-refractivity contribution in [3.63, 3.8) is 0 Å². The molecular formula is C29H32BrCl2N3O4S. The number of hydrogen-bond donors (Lipinski definition) is 1. The van der Waals surface area contributed by atoms with E-state index in [2.05, 4.69) is 21.2 Å². The van der Waals surface area contributed by atoms with Gasteiger partial charge in [0.2, 0.25) is 11.8 Å². The maximum absolute atomic E-state index is 14.1. The van der Waals surface area contributed by atoms with Crippen molar-refractivity contribution in [2.24, 2.45) is 0 Å². The molecule has 11 heteroatoms. The number of amides is 2. The fourth-order valence-electron chi connectivity index (χ4n) is 4.09. The second kappa shape index (κ2) is 13.4. The van der Waals surface area contributed by atoms with Crippen molar-refractivity contribution in [2.45, 2.75) is 57.1 Å². The van der Waals surface area contributed by atoms with Crippen LogP contribution in [-0.2, 0) is 26.2 Å². The Labute approximate surface area is 254 Å². The SMILES string of the molecule is CC[C@H](C(=O)NC(C)(C)C)N(Cc1ccc(Cl)c(Cl)c1)C(=O)CN(c1cccc(Br)c1)S(=O)(=O)c1ccccc1. The van der Waals surface area contributed by atoms with E-state index in [9.17, 15) is 18.0 Å². The summed E-state index contributed by atoms with van der Waals surface area (Å²) in [6.45, 7) is 6.84. The molecule has 7 nitrogen and oxygen atoms in total. The van der Waals surface area contributed by atoms with Crippen LogP contribution in [0.4, 0.5) is 5.69 Å². The largest absolute Gasteiger partial charge is 0.350 e. The Hall–Kier alpha value is -2.59. The van der Waals surface area contributed by atoms with Crippen LogP contribution in [0.25, 0.3) is 0 Å². The molecule has 3 aromatic carbocycles. The van der Waals surface area contributed by atoms with Gasteiger partial charge in [-0.05, 0) is 75.2 Å². The first kappa shape index (κ1) is 31.9. The van der Waals surface area contributed by atoms with Gasteiger partial charge < -0.3 is 10.2 Å². The molecule has 0 saturated heterocycles. The molecular weight excluding hydrogens is 637 g/mol. The molecule has 40 heavy (non-hydrogen) atoms. The highest BCUT2D eigenvalue weighted by Crippen LogP contribution is 2.28. The molecule has 214 valence electrons. The van der Waals surface area contributed by atoms with E-state index in [-0.39, 0.29) is 17.3 Å². The molecule has 0 aliphatic heterocycles. The number of nitrogens with one attached hydrogen (secondary N) is 1. The predicted octanol–water partition coefficient (Wildman–Crippen LogP) is 6.67. The molecule has 0 aliphatic carbocycles. The van der Waals surface area contributed by atoms with Gasteiger partial charge in [-0.15, -0.1) is 0 Å². The molecule has 0 saturated carbocycles. The van der Waals surface area contributed by atoms with E-state index >= 15 is 0 Å². The normalized spacial score (nSPS) is 12.5. The first-order valence-electron chi connectivity index (χ1n) is 12.6. The number of halogens is 3. The third kappa shape index (κ3) is 8.22. The minimum Gasteiger partial charge on any atom is -0.350 e. The molecule has 0 fully saturated rings. The van der Waals surface area contributed by atoms with Gasteiger partial charge in [-0.25, -0.2) is 8.42 Å². The van der Waals surface area contributed by atoms with Crippen LogP contribution in [0, 0.1) is 0 Å². The van der Waals surface area contributed by atoms with Crippen molar-refractivity contribution in [1.82, 2.24) is 10.2 Å². The van der Waals surface area contributed by atoms with E-state index in [1.165, 1.54) is 17.0 Å². The van der Waals surface area contributed by atoms with Gasteiger partial charge in [0, 0.05) is 16.6 Å². The molecule has 0 unspecified atom stereocenters. The smallest absolute Gasteiger partial charge is 0.264 e. The third-order valence-electron chi connectivity index (χ3n) is 5.93. The van der Waals surface area contributed by atoms with Crippen molar-refractivity contribution in [1.29, 1.82) is 0 Å². The van der Waals surface area contributed by atoms with Crippen LogP contribution in [0.5, 0.6) is 0 Å². The van der Waals surface area contributed by atoms with Gasteiger partial charge in [0.1, 0.15) is 12.6 Å². The summed E-state index contributed by atoms with van der Waals surface area (Å²) in [6.07, 6.45) is 0.303. The highest BCUT2D eigenvalue weighted by atomic mass is 79.9. The lowest BCUT2D eigenvalue weighted by Crippen LogP contribution is -2.55. The van der Waals surface area contributed by atoms with Crippen LogP contribution in [0.1, 0.15) is 39.7 Å². The fraction of sp³-hybridized carbons (Fsp3) is 0.310. The quantitative estimate of drug-likeness (QED) is 0.261. The molecule has 3 aromatic rings. The second-order valence-electron chi connectivity index (χ2n) is 10.2. The number of benzene rings is 3. The Morgan fingerprint density at radius 1 is 0.950 bits per heavy atom. The highest BCUT2D eigenvalue weighted by Gasteiger charge is 2.34. The van der Waals surface area contributed by atoms with E-state index in [0.29, 0.717) is 32.2 Å². The standard InChI is InChI=1S/C29H32BrCl2N3O4S/c1-5-26(28(37)33-29(2,3)4)34(18-20-14-15-24(31)25(32)16-20)27(36)19-35(22-11-9-10-21(30)17-22)40(38,39)23-12-7-6-8-13-23/h6-17,26H,5,18-19H2,1-4H3,(H,33,37)/t26-/m1/s1. The van der Waals surface area contributed by atoms with Crippen molar-refractivity contribution in [3.05, 3.63) is 92.9 Å². The number of hydrogen-bond acceptors (Lipinski definition) is 4. The van der Waals surface area contributed by atoms with Crippen molar-refractivity contribution < 1.29 is 18.0 Å². The predicted molar refractivity (Wildman–Crippen MR) is 164 cm³/mol. The summed E-state index contributed by atoms with van der Waals surface area (Å²) >= 11 is 15.7. The molecule has 0 heterocycles. The van der Waals surface area contributed by atoms with Crippen LogP contribution in [0.2, 0.25) is 10.0 Å². The van der Waals surface area contributed by atoms with E-state index < -0.39 is 34.1 Å². The zero-order valence-corrected chi connectivity index (χ0v) is 26.6. The van der Waals surface area contributed by atoms with Crippen LogP contribution < -0.4 is 9.62 Å². The summed E-state index contributed by atoms with van der Waals surface area (Å²) in [7, 11) is -4.14. The average molecular weight is 669 g/mol. The summed E-state index contributed by atoms with van der Waals surface area (Å²) < 4.78 is 29.4. The lowest BCUT2D eigenvalue weighted by Gasteiger charge is -2.34. The third-order valence-corrected chi connectivity index (χ3v) is 8.95. The number of anilines is 1. The summed E-state index contributed by atoms with van der Waals surface area (Å²) in [5.41, 5.74) is 0.403. The maximum atomic E-state index is 14.1. The maximum Gasteiger partial charge on any atom is 0.264 e. The van der Waals surface area contributed by atoms with Gasteiger partial charge in [-0.1, -0.05) is 76.4 Å². The first-order valence-corrected chi connectivity index (χ1v) is 15.6. The topological polar surface area (TPSA) is 86.8 Å². The zero-order chi connectivity index (χ0) is 29.7. The number of rotatable bonds is 10. The lowest BCUT2D eigenvalue weighted by molar-refractivity contribution is -0.141. The Bertz CT molecular complexity index is 1460. The Kier molecular flexibility index (Phi) is 10.7. The van der Waals surface area contributed by atoms with Gasteiger partial charge in [-0.3, -0.25) is 13.9 Å². The number of carbonyl (C=O) groups is 2. The van der Waals surface area contributed by atoms with Crippen LogP contribution in [0.15, 0.2) is 82.2 Å². The minimum atomic E-state index is -4.14. The van der Waals surface area contributed by atoms with Gasteiger partial charge in [0.15, 0.2) is 0 Å². The Balaban J connectivity index is 2.08. The fourth-order valence-corrected chi connectivity index (χ4v) is 6.22. The molecule has 1 atom stereocenters. The monoisotopic (exact) mass is 667 g/mol. The van der Waals surface area contributed by atoms with Crippen molar-refractivity contribution in [3.8, 4) is 0 Å². The molecule has 2 amide bonds. The molecule has 0 radical (unpaired) electrons. The second-order valence-corrected chi connectivity index (χ2v) is 13.8. The van der Waals surface area contributed by atoms with Crippen LogP contribution >= 0.6 is 39.1 Å². The summed E-state index contributed by atoms with van der Waals surface area (Å²) in [5, 5.41) is 3.61. The molecule has 0 spiro atoms. The molecule has 0 aliphatic rings. The van der Waals surface area contributed by atoms with E-state index in [1.807, 2.05) is 20.8 Å². The van der Waals surface area contributed by atoms with E-state index in [1.54, 1.807) is 67.6 Å². The summed E-state index contributed by atoms with van der Waals surface area (Å²) in [5.74, 6) is -0.898. The summed E-state index contributed by atoms with van der Waals surface area (Å²) in [6, 6.07) is 18.7. The number of sulfonamides is 1. The first-order chi connectivity index (χ1) is 18.7. The molecule has 0 bridgehead atoms. The van der Waals surface area contributed by atoms with Crippen molar-refractivity contribution in [2.75, 3.05) is 10.8 Å². The zero-order valence-electron chi connectivity index (χ0n) is 22.7. The number of nitrogens with zero attached hydrogens (tertiary/aromatic N) is 2. The van der Waals surface area contributed by atoms with Crippen LogP contribution in [0.3, 0.4) is 0 Å². The molecule has 3 rings (SSSR count). The molecule has 1 N–H and O–H groups in total. The van der Waals surface area contributed by atoms with Gasteiger partial charge in [-0.2, -0.15) is 0 Å². The highest BCUT2D eigenvalue weighted by molar-refractivity contribution is 9.10. The Morgan fingerprint density at radius 3 is 2.20 bits per heavy atom. The van der Waals surface area contributed by atoms with Gasteiger partial charge in [0.05, 0.1) is 20.6 Å². The molecule has 0 aromatic heterocycles. The summed E-state index contributed by atoms with van der Waals surface area (Å²) in [4.78, 5) is 28.9. The minimum absolute atomic E-state index is 0.0174. The number of carbonyl (C=O) groups excluding carboxylic acids is 2. The van der Waals surface area contributed by atoms with E-state index in [0.717, 1.165) is 4.31 Å². The van der Waals surface area contributed by atoms with Crippen LogP contribution in [-0.4, -0.2) is 43.3 Å². The average Bonchev–Trinajstić information content (AvgIpc) is 2.88. The lowest BCUT2D eigenvalue weighted by atomic mass is 10.1.